The van der Waals surface area contributed by atoms with Crippen molar-refractivity contribution >= 4 is 11.9 Å². The van der Waals surface area contributed by atoms with Crippen LogP contribution in [0.3, 0.4) is 0 Å². The molecule has 0 bridgehead atoms. The first-order chi connectivity index (χ1) is 6.65. The summed E-state index contributed by atoms with van der Waals surface area (Å²) in [5.41, 5.74) is 0.685. The standard InChI is InChI=1S/C8H11N3O3/c1-11(7(12)8(13)14-2)4-6-3-9-5-10-6/h3,5H,4H2,1-2H3,(H,9,10). The van der Waals surface area contributed by atoms with Gasteiger partial charge in [-0.15, -0.1) is 0 Å². The van der Waals surface area contributed by atoms with Crippen LogP contribution in [-0.2, 0) is 20.9 Å². The van der Waals surface area contributed by atoms with Crippen molar-refractivity contribution < 1.29 is 14.3 Å². The molecule has 0 aromatic carbocycles. The Balaban J connectivity index is 2.54. The van der Waals surface area contributed by atoms with Gasteiger partial charge in [-0.2, -0.15) is 0 Å². The van der Waals surface area contributed by atoms with Gasteiger partial charge in [0.15, 0.2) is 0 Å². The molecule has 0 aliphatic heterocycles. The monoisotopic (exact) mass is 197 g/mol. The lowest BCUT2D eigenvalue weighted by molar-refractivity contribution is -0.157. The summed E-state index contributed by atoms with van der Waals surface area (Å²) in [5.74, 6) is -1.56. The van der Waals surface area contributed by atoms with Crippen molar-refractivity contribution in [1.82, 2.24) is 14.9 Å². The summed E-state index contributed by atoms with van der Waals surface area (Å²) in [5, 5.41) is 0. The minimum Gasteiger partial charge on any atom is -0.462 e. The Morgan fingerprint density at radius 1 is 1.64 bits per heavy atom. The van der Waals surface area contributed by atoms with E-state index in [-0.39, 0.29) is 6.54 Å². The van der Waals surface area contributed by atoms with Crippen molar-refractivity contribution in [3.05, 3.63) is 18.2 Å². The molecule has 0 radical (unpaired) electrons. The van der Waals surface area contributed by atoms with Gasteiger partial charge < -0.3 is 14.6 Å². The van der Waals surface area contributed by atoms with Gasteiger partial charge in [0, 0.05) is 13.2 Å². The fourth-order valence-corrected chi connectivity index (χ4v) is 0.935. The summed E-state index contributed by atoms with van der Waals surface area (Å²) in [7, 11) is 2.68. The Bertz CT molecular complexity index is 321. The highest BCUT2D eigenvalue weighted by molar-refractivity contribution is 6.32. The Kier molecular flexibility index (Phi) is 3.22. The number of aromatic amines is 1. The largest absolute Gasteiger partial charge is 0.462 e. The zero-order valence-electron chi connectivity index (χ0n) is 7.98. The molecule has 1 N–H and O–H groups in total. The number of H-pyrrole nitrogens is 1. The summed E-state index contributed by atoms with van der Waals surface area (Å²) < 4.78 is 4.29. The molecule has 1 aromatic rings. The molecule has 1 amide bonds. The Morgan fingerprint density at radius 3 is 2.86 bits per heavy atom. The van der Waals surface area contributed by atoms with E-state index in [2.05, 4.69) is 14.7 Å². The van der Waals surface area contributed by atoms with Crippen molar-refractivity contribution in [1.29, 1.82) is 0 Å². The number of nitrogens with one attached hydrogen (secondary N) is 1. The van der Waals surface area contributed by atoms with Gasteiger partial charge in [-0.3, -0.25) is 4.79 Å². The Morgan fingerprint density at radius 2 is 2.36 bits per heavy atom. The summed E-state index contributed by atoms with van der Waals surface area (Å²) in [6, 6.07) is 0. The SMILES string of the molecule is COC(=O)C(=O)N(C)Cc1c[nH]cn1. The van der Waals surface area contributed by atoms with Crippen LogP contribution in [0.2, 0.25) is 0 Å². The minimum absolute atomic E-state index is 0.275. The number of carbonyl (C=O) groups is 2. The first-order valence-electron chi connectivity index (χ1n) is 3.96. The highest BCUT2D eigenvalue weighted by Crippen LogP contribution is 1.98. The van der Waals surface area contributed by atoms with Crippen LogP contribution >= 0.6 is 0 Å². The number of hydrogen-bond acceptors (Lipinski definition) is 4. The summed E-state index contributed by atoms with van der Waals surface area (Å²) in [6.07, 6.45) is 3.16. The topological polar surface area (TPSA) is 75.3 Å². The van der Waals surface area contributed by atoms with Gasteiger partial charge >= 0.3 is 11.9 Å². The predicted molar refractivity (Wildman–Crippen MR) is 47.1 cm³/mol. The van der Waals surface area contributed by atoms with E-state index in [1.807, 2.05) is 0 Å². The van der Waals surface area contributed by atoms with E-state index in [0.29, 0.717) is 5.69 Å². The molecule has 0 saturated carbocycles. The van der Waals surface area contributed by atoms with Crippen LogP contribution in [0.5, 0.6) is 0 Å². The molecule has 14 heavy (non-hydrogen) atoms. The highest BCUT2D eigenvalue weighted by atomic mass is 16.5. The molecule has 76 valence electrons. The lowest BCUT2D eigenvalue weighted by Gasteiger charge is -2.13. The van der Waals surface area contributed by atoms with Gasteiger partial charge in [-0.05, 0) is 0 Å². The number of nitrogens with zero attached hydrogens (tertiary/aromatic N) is 2. The lowest BCUT2D eigenvalue weighted by atomic mass is 10.4. The average molecular weight is 197 g/mol. The third kappa shape index (κ3) is 2.32. The van der Waals surface area contributed by atoms with Crippen LogP contribution < -0.4 is 0 Å². The fraction of sp³-hybridized carbons (Fsp3) is 0.375. The first-order valence-corrected chi connectivity index (χ1v) is 3.96. The van der Waals surface area contributed by atoms with E-state index < -0.39 is 11.9 Å². The molecule has 1 aromatic heterocycles. The maximum atomic E-state index is 11.2. The van der Waals surface area contributed by atoms with Crippen molar-refractivity contribution in [3.8, 4) is 0 Å². The molecule has 1 heterocycles. The van der Waals surface area contributed by atoms with E-state index in [1.54, 1.807) is 6.20 Å². The molecule has 0 spiro atoms. The molecular weight excluding hydrogens is 186 g/mol. The fourth-order valence-electron chi connectivity index (χ4n) is 0.935. The zero-order chi connectivity index (χ0) is 10.6. The van der Waals surface area contributed by atoms with E-state index in [4.69, 9.17) is 0 Å². The van der Waals surface area contributed by atoms with Crippen LogP contribution in [0.4, 0.5) is 0 Å². The van der Waals surface area contributed by atoms with Crippen molar-refractivity contribution in [2.24, 2.45) is 0 Å². The van der Waals surface area contributed by atoms with Gasteiger partial charge in [0.05, 0.1) is 25.7 Å². The molecule has 6 heteroatoms. The zero-order valence-corrected chi connectivity index (χ0v) is 7.98. The van der Waals surface area contributed by atoms with Crippen molar-refractivity contribution in [3.63, 3.8) is 0 Å². The molecule has 0 fully saturated rings. The second kappa shape index (κ2) is 4.40. The van der Waals surface area contributed by atoms with Gasteiger partial charge in [0.2, 0.25) is 0 Å². The van der Waals surface area contributed by atoms with Gasteiger partial charge in [0.25, 0.3) is 0 Å². The van der Waals surface area contributed by atoms with Crippen LogP contribution in [0, 0.1) is 0 Å². The number of aromatic nitrogens is 2. The number of amides is 1. The second-order valence-corrected chi connectivity index (χ2v) is 2.71. The molecule has 1 rings (SSSR count). The summed E-state index contributed by atoms with van der Waals surface area (Å²) in [6.45, 7) is 0.275. The number of carbonyl (C=O) groups excluding carboxylic acids is 2. The van der Waals surface area contributed by atoms with E-state index in [9.17, 15) is 9.59 Å². The second-order valence-electron chi connectivity index (χ2n) is 2.71. The third-order valence-corrected chi connectivity index (χ3v) is 1.66. The number of imidazole rings is 1. The number of esters is 1. The van der Waals surface area contributed by atoms with Gasteiger partial charge in [-0.25, -0.2) is 9.78 Å². The molecule has 0 aliphatic carbocycles. The first kappa shape index (κ1) is 10.2. The van der Waals surface area contributed by atoms with Crippen LogP contribution in [0.25, 0.3) is 0 Å². The molecule has 0 aliphatic rings. The van der Waals surface area contributed by atoms with E-state index >= 15 is 0 Å². The minimum atomic E-state index is -0.872. The molecule has 0 atom stereocenters. The normalized spacial score (nSPS) is 9.57. The Hall–Kier alpha value is -1.85. The predicted octanol–water partition coefficient (Wildman–Crippen LogP) is -0.459. The van der Waals surface area contributed by atoms with E-state index in [1.165, 1.54) is 25.4 Å². The molecule has 0 unspecified atom stereocenters. The van der Waals surface area contributed by atoms with Crippen LogP contribution in [-0.4, -0.2) is 40.9 Å². The summed E-state index contributed by atoms with van der Waals surface area (Å²) in [4.78, 5) is 30.0. The number of hydrogen-bond donors (Lipinski definition) is 1. The summed E-state index contributed by atoms with van der Waals surface area (Å²) >= 11 is 0. The maximum Gasteiger partial charge on any atom is 0.396 e. The maximum absolute atomic E-state index is 11.2. The smallest absolute Gasteiger partial charge is 0.396 e. The molecule has 0 saturated heterocycles. The number of likely N-dealkylation sites (N-methyl/N-ethyl adjacent to an activating group) is 1. The Labute approximate surface area is 80.9 Å². The number of methoxy groups -OCH3 is 1. The van der Waals surface area contributed by atoms with E-state index in [0.717, 1.165) is 0 Å². The van der Waals surface area contributed by atoms with Crippen molar-refractivity contribution in [2.45, 2.75) is 6.54 Å². The third-order valence-electron chi connectivity index (χ3n) is 1.66. The highest BCUT2D eigenvalue weighted by Gasteiger charge is 2.19. The lowest BCUT2D eigenvalue weighted by Crippen LogP contribution is -2.33. The number of rotatable bonds is 2. The number of ether oxygens (including phenoxy) is 1. The molecule has 6 nitrogen and oxygen atoms in total. The van der Waals surface area contributed by atoms with Crippen molar-refractivity contribution in [2.75, 3.05) is 14.2 Å². The van der Waals surface area contributed by atoms with Crippen LogP contribution in [0.15, 0.2) is 12.5 Å². The average Bonchev–Trinajstić information content (AvgIpc) is 2.68. The van der Waals surface area contributed by atoms with Crippen LogP contribution in [0.1, 0.15) is 5.69 Å². The van der Waals surface area contributed by atoms with Gasteiger partial charge in [-0.1, -0.05) is 0 Å². The van der Waals surface area contributed by atoms with Gasteiger partial charge in [0.1, 0.15) is 0 Å². The quantitative estimate of drug-likeness (QED) is 0.514. The molecular formula is C8H11N3O3.